The highest BCUT2D eigenvalue weighted by Gasteiger charge is 2.29. The van der Waals surface area contributed by atoms with Crippen molar-refractivity contribution in [2.45, 2.75) is 37.1 Å². The lowest BCUT2D eigenvalue weighted by molar-refractivity contribution is 0.0939. The second-order valence-electron chi connectivity index (χ2n) is 7.08. The molecule has 0 bridgehead atoms. The van der Waals surface area contributed by atoms with Crippen LogP contribution < -0.4 is 10.1 Å². The number of benzene rings is 2. The first-order chi connectivity index (χ1) is 13.8. The second kappa shape index (κ2) is 9.28. The van der Waals surface area contributed by atoms with Gasteiger partial charge in [-0.2, -0.15) is 4.31 Å². The van der Waals surface area contributed by atoms with Gasteiger partial charge in [0.1, 0.15) is 10.6 Å². The quantitative estimate of drug-likeness (QED) is 0.674. The van der Waals surface area contributed by atoms with Crippen molar-refractivity contribution in [1.82, 2.24) is 9.62 Å². The Kier molecular flexibility index (Phi) is 6.97. The van der Waals surface area contributed by atoms with Gasteiger partial charge in [-0.25, -0.2) is 8.42 Å². The van der Waals surface area contributed by atoms with Crippen LogP contribution in [0, 0.1) is 0 Å². The summed E-state index contributed by atoms with van der Waals surface area (Å²) in [5, 5.41) is 2.93. The Morgan fingerprint density at radius 1 is 1.14 bits per heavy atom. The predicted molar refractivity (Wildman–Crippen MR) is 116 cm³/mol. The Morgan fingerprint density at radius 2 is 1.86 bits per heavy atom. The Labute approximate surface area is 180 Å². The first-order valence-electron chi connectivity index (χ1n) is 9.57. The minimum atomic E-state index is -3.72. The first-order valence-corrected chi connectivity index (χ1v) is 11.8. The zero-order chi connectivity index (χ0) is 21.0. The molecule has 1 unspecified atom stereocenters. The van der Waals surface area contributed by atoms with Crippen LogP contribution in [0.25, 0.3) is 0 Å². The number of sulfonamides is 1. The van der Waals surface area contributed by atoms with Crippen molar-refractivity contribution in [3.63, 3.8) is 0 Å². The topological polar surface area (TPSA) is 75.7 Å². The fraction of sp³-hybridized carbons (Fsp3) is 0.381. The summed E-state index contributed by atoms with van der Waals surface area (Å²) in [6.45, 7) is 2.86. The van der Waals surface area contributed by atoms with Gasteiger partial charge in [-0.15, -0.1) is 0 Å². The average molecular weight is 481 g/mol. The fourth-order valence-electron chi connectivity index (χ4n) is 3.40. The molecule has 0 saturated carbocycles. The molecule has 6 nitrogen and oxygen atoms in total. The molecular formula is C21H25BrN2O4S. The molecule has 0 aliphatic carbocycles. The molecule has 29 heavy (non-hydrogen) atoms. The number of halogens is 1. The number of nitrogens with one attached hydrogen (secondary N) is 1. The minimum absolute atomic E-state index is 0.0321. The smallest absolute Gasteiger partial charge is 0.251 e. The number of hydrogen-bond acceptors (Lipinski definition) is 4. The summed E-state index contributed by atoms with van der Waals surface area (Å²) < 4.78 is 33.9. The number of ether oxygens (including phenoxy) is 1. The van der Waals surface area contributed by atoms with Gasteiger partial charge in [0.25, 0.3) is 5.91 Å². The monoisotopic (exact) mass is 480 g/mol. The van der Waals surface area contributed by atoms with Crippen molar-refractivity contribution in [2.24, 2.45) is 0 Å². The number of hydrogen-bond donors (Lipinski definition) is 1. The Morgan fingerprint density at radius 3 is 2.52 bits per heavy atom. The lowest BCUT2D eigenvalue weighted by atomic mass is 10.1. The van der Waals surface area contributed by atoms with Crippen LogP contribution in [0.3, 0.4) is 0 Å². The SMILES string of the molecule is COc1ccc(C(=O)NC(C)c2cccc(Br)c2)cc1S(=O)(=O)N1CCCCC1. The molecule has 1 amide bonds. The lowest BCUT2D eigenvalue weighted by Gasteiger charge is -2.26. The molecule has 156 valence electrons. The van der Waals surface area contributed by atoms with Crippen molar-refractivity contribution < 1.29 is 17.9 Å². The van der Waals surface area contributed by atoms with Crippen LogP contribution in [-0.4, -0.2) is 38.8 Å². The molecule has 2 aromatic carbocycles. The van der Waals surface area contributed by atoms with Crippen molar-refractivity contribution in [3.05, 3.63) is 58.1 Å². The number of rotatable bonds is 6. The summed E-state index contributed by atoms with van der Waals surface area (Å²) >= 11 is 3.43. The van der Waals surface area contributed by atoms with E-state index in [1.54, 1.807) is 6.07 Å². The normalized spacial score (nSPS) is 16.2. The van der Waals surface area contributed by atoms with E-state index in [2.05, 4.69) is 21.2 Å². The summed E-state index contributed by atoms with van der Waals surface area (Å²) in [4.78, 5) is 12.8. The fourth-order valence-corrected chi connectivity index (χ4v) is 5.52. The number of methoxy groups -OCH3 is 1. The third-order valence-corrected chi connectivity index (χ3v) is 7.47. The summed E-state index contributed by atoms with van der Waals surface area (Å²) in [6, 6.07) is 12.0. The lowest BCUT2D eigenvalue weighted by Crippen LogP contribution is -2.36. The van der Waals surface area contributed by atoms with Crippen molar-refractivity contribution in [1.29, 1.82) is 0 Å². The average Bonchev–Trinajstić information content (AvgIpc) is 2.73. The van der Waals surface area contributed by atoms with E-state index in [-0.39, 0.29) is 28.2 Å². The molecule has 1 aliphatic rings. The van der Waals surface area contributed by atoms with E-state index in [1.165, 1.54) is 23.5 Å². The second-order valence-corrected chi connectivity index (χ2v) is 9.90. The summed E-state index contributed by atoms with van der Waals surface area (Å²) in [5.74, 6) is -0.0950. The maximum atomic E-state index is 13.1. The Bertz CT molecular complexity index is 988. The predicted octanol–water partition coefficient (Wildman–Crippen LogP) is 4.12. The van der Waals surface area contributed by atoms with E-state index in [0.29, 0.717) is 13.1 Å². The van der Waals surface area contributed by atoms with Crippen molar-refractivity contribution in [2.75, 3.05) is 20.2 Å². The zero-order valence-electron chi connectivity index (χ0n) is 16.5. The van der Waals surface area contributed by atoms with E-state index in [9.17, 15) is 13.2 Å². The minimum Gasteiger partial charge on any atom is -0.495 e. The number of amides is 1. The van der Waals surface area contributed by atoms with E-state index in [4.69, 9.17) is 4.74 Å². The van der Waals surface area contributed by atoms with E-state index in [1.807, 2.05) is 31.2 Å². The van der Waals surface area contributed by atoms with Gasteiger partial charge in [0.15, 0.2) is 0 Å². The molecule has 2 aromatic rings. The third-order valence-electron chi connectivity index (χ3n) is 5.05. The molecule has 1 aliphatic heterocycles. The van der Waals surface area contributed by atoms with E-state index < -0.39 is 10.0 Å². The molecule has 3 rings (SSSR count). The maximum absolute atomic E-state index is 13.1. The van der Waals surface area contributed by atoms with Crippen molar-refractivity contribution >= 4 is 31.9 Å². The first kappa shape index (κ1) is 21.8. The highest BCUT2D eigenvalue weighted by Crippen LogP contribution is 2.30. The summed E-state index contributed by atoms with van der Waals surface area (Å²) in [5.41, 5.74) is 1.23. The molecule has 0 radical (unpaired) electrons. The molecule has 0 aromatic heterocycles. The Balaban J connectivity index is 1.86. The van der Waals surface area contributed by atoms with Gasteiger partial charge < -0.3 is 10.1 Å². The van der Waals surface area contributed by atoms with Crippen LogP contribution in [0.15, 0.2) is 51.8 Å². The van der Waals surface area contributed by atoms with Gasteiger partial charge in [-0.05, 0) is 55.7 Å². The molecule has 1 saturated heterocycles. The maximum Gasteiger partial charge on any atom is 0.251 e. The van der Waals surface area contributed by atoms with E-state index in [0.717, 1.165) is 29.3 Å². The van der Waals surface area contributed by atoms with Crippen LogP contribution in [0.5, 0.6) is 5.75 Å². The molecule has 0 spiro atoms. The summed E-state index contributed by atoms with van der Waals surface area (Å²) in [7, 11) is -2.29. The van der Waals surface area contributed by atoms with Crippen LogP contribution in [0.4, 0.5) is 0 Å². The van der Waals surface area contributed by atoms with Gasteiger partial charge in [-0.3, -0.25) is 4.79 Å². The molecule has 1 atom stereocenters. The summed E-state index contributed by atoms with van der Waals surface area (Å²) in [6.07, 6.45) is 2.71. The third kappa shape index (κ3) is 4.99. The Hall–Kier alpha value is -1.90. The van der Waals surface area contributed by atoms with Gasteiger partial charge >= 0.3 is 0 Å². The highest BCUT2D eigenvalue weighted by atomic mass is 79.9. The van der Waals surface area contributed by atoms with Gasteiger partial charge in [0, 0.05) is 23.1 Å². The van der Waals surface area contributed by atoms with Gasteiger partial charge in [0.05, 0.1) is 13.2 Å². The highest BCUT2D eigenvalue weighted by molar-refractivity contribution is 9.10. The molecule has 1 N–H and O–H groups in total. The molecule has 1 fully saturated rings. The van der Waals surface area contributed by atoms with Crippen molar-refractivity contribution in [3.8, 4) is 5.75 Å². The van der Waals surface area contributed by atoms with Crippen LogP contribution in [0.2, 0.25) is 0 Å². The van der Waals surface area contributed by atoms with Gasteiger partial charge in [0.2, 0.25) is 10.0 Å². The van der Waals surface area contributed by atoms with Crippen LogP contribution in [0.1, 0.15) is 48.1 Å². The molecule has 8 heteroatoms. The number of carbonyl (C=O) groups is 1. The standard InChI is InChI=1S/C21H25BrN2O4S/c1-15(16-7-6-8-18(22)13-16)23-21(25)17-9-10-19(28-2)20(14-17)29(26,27)24-11-4-3-5-12-24/h6-10,13-15H,3-5,11-12H2,1-2H3,(H,23,25). The van der Waals surface area contributed by atoms with Crippen LogP contribution >= 0.6 is 15.9 Å². The zero-order valence-corrected chi connectivity index (χ0v) is 18.9. The van der Waals surface area contributed by atoms with E-state index >= 15 is 0 Å². The molecule has 1 heterocycles. The number of carbonyl (C=O) groups excluding carboxylic acids is 1. The van der Waals surface area contributed by atoms with Gasteiger partial charge in [-0.1, -0.05) is 34.5 Å². The largest absolute Gasteiger partial charge is 0.495 e. The molecular weight excluding hydrogens is 456 g/mol. The number of nitrogens with zero attached hydrogens (tertiary/aromatic N) is 1. The van der Waals surface area contributed by atoms with Crippen LogP contribution in [-0.2, 0) is 10.0 Å². The number of piperidine rings is 1.